The van der Waals surface area contributed by atoms with E-state index in [1.165, 1.54) is 0 Å². The lowest BCUT2D eigenvalue weighted by Gasteiger charge is -2.12. The van der Waals surface area contributed by atoms with E-state index < -0.39 is 12.0 Å². The molecule has 0 spiro atoms. The van der Waals surface area contributed by atoms with E-state index in [1.54, 1.807) is 27.7 Å². The molecule has 0 aromatic carbocycles. The zero-order valence-electron chi connectivity index (χ0n) is 10.5. The lowest BCUT2D eigenvalue weighted by atomic mass is 10.2. The van der Waals surface area contributed by atoms with Crippen molar-refractivity contribution >= 4 is 11.9 Å². The summed E-state index contributed by atoms with van der Waals surface area (Å²) in [4.78, 5) is 23.2. The number of rotatable bonds is 4. The fourth-order valence-electron chi connectivity index (χ4n) is 1.48. The Morgan fingerprint density at radius 1 is 1.47 bits per heavy atom. The van der Waals surface area contributed by atoms with Crippen molar-refractivity contribution in [3.05, 3.63) is 17.0 Å². The maximum absolute atomic E-state index is 11.9. The standard InChI is InChI=1S/C11H17N3O3/c1-5-17-11(16)8(4)12-10(15)9-6(2)13-14-7(9)3/h8H,5H2,1-4H3,(H,12,15)(H,13,14). The van der Waals surface area contributed by atoms with Crippen molar-refractivity contribution in [2.24, 2.45) is 0 Å². The van der Waals surface area contributed by atoms with Gasteiger partial charge in [0.15, 0.2) is 0 Å². The van der Waals surface area contributed by atoms with Crippen LogP contribution in [0.5, 0.6) is 0 Å². The monoisotopic (exact) mass is 239 g/mol. The Balaban J connectivity index is 2.70. The first-order valence-corrected chi connectivity index (χ1v) is 5.46. The van der Waals surface area contributed by atoms with E-state index in [1.807, 2.05) is 0 Å². The van der Waals surface area contributed by atoms with Gasteiger partial charge in [0.05, 0.1) is 17.9 Å². The second-order valence-corrected chi connectivity index (χ2v) is 3.76. The van der Waals surface area contributed by atoms with E-state index in [-0.39, 0.29) is 5.91 Å². The summed E-state index contributed by atoms with van der Waals surface area (Å²) < 4.78 is 4.81. The molecule has 1 atom stereocenters. The number of hydrogen-bond donors (Lipinski definition) is 2. The minimum Gasteiger partial charge on any atom is -0.464 e. The average Bonchev–Trinajstić information content (AvgIpc) is 2.58. The Labute approximate surface area is 99.7 Å². The largest absolute Gasteiger partial charge is 0.464 e. The van der Waals surface area contributed by atoms with Crippen molar-refractivity contribution in [2.75, 3.05) is 6.61 Å². The SMILES string of the molecule is CCOC(=O)C(C)NC(=O)c1c(C)n[nH]c1C. The summed E-state index contributed by atoms with van der Waals surface area (Å²) in [7, 11) is 0. The van der Waals surface area contributed by atoms with Crippen molar-refractivity contribution in [3.63, 3.8) is 0 Å². The predicted octanol–water partition coefficient (Wildman–Crippen LogP) is 0.708. The lowest BCUT2D eigenvalue weighted by Crippen LogP contribution is -2.39. The predicted molar refractivity (Wildman–Crippen MR) is 61.6 cm³/mol. The summed E-state index contributed by atoms with van der Waals surface area (Å²) in [6.07, 6.45) is 0. The Bertz CT molecular complexity index is 406. The van der Waals surface area contributed by atoms with Crippen molar-refractivity contribution in [2.45, 2.75) is 33.7 Å². The normalized spacial score (nSPS) is 12.0. The summed E-state index contributed by atoms with van der Waals surface area (Å²) >= 11 is 0. The maximum Gasteiger partial charge on any atom is 0.328 e. The molecule has 94 valence electrons. The number of aromatic nitrogens is 2. The van der Waals surface area contributed by atoms with Gasteiger partial charge >= 0.3 is 5.97 Å². The van der Waals surface area contributed by atoms with Crippen LogP contribution in [-0.2, 0) is 9.53 Å². The minimum atomic E-state index is -0.670. The highest BCUT2D eigenvalue weighted by Crippen LogP contribution is 2.09. The molecule has 1 amide bonds. The molecule has 6 nitrogen and oxygen atoms in total. The number of carbonyl (C=O) groups is 2. The number of ether oxygens (including phenoxy) is 1. The Hall–Kier alpha value is -1.85. The highest BCUT2D eigenvalue weighted by Gasteiger charge is 2.21. The number of amides is 1. The molecule has 0 bridgehead atoms. The van der Waals surface area contributed by atoms with Gasteiger partial charge in [0, 0.05) is 5.69 Å². The molecule has 0 aliphatic carbocycles. The summed E-state index contributed by atoms with van der Waals surface area (Å²) in [5, 5.41) is 9.22. The fourth-order valence-corrected chi connectivity index (χ4v) is 1.48. The molecule has 1 unspecified atom stereocenters. The topological polar surface area (TPSA) is 84.1 Å². The number of nitrogens with zero attached hydrogens (tertiary/aromatic N) is 1. The summed E-state index contributed by atoms with van der Waals surface area (Å²) in [5.41, 5.74) is 1.76. The molecule has 0 fully saturated rings. The van der Waals surface area contributed by atoms with Crippen molar-refractivity contribution in [3.8, 4) is 0 Å². The van der Waals surface area contributed by atoms with Crippen LogP contribution < -0.4 is 5.32 Å². The van der Waals surface area contributed by atoms with Crippen LogP contribution in [0.2, 0.25) is 0 Å². The first kappa shape index (κ1) is 13.2. The van der Waals surface area contributed by atoms with E-state index in [0.717, 1.165) is 0 Å². The molecule has 1 rings (SSSR count). The first-order chi connectivity index (χ1) is 7.97. The number of hydrogen-bond acceptors (Lipinski definition) is 4. The molecular weight excluding hydrogens is 222 g/mol. The van der Waals surface area contributed by atoms with Crippen LogP contribution in [0, 0.1) is 13.8 Å². The Kier molecular flexibility index (Phi) is 4.25. The first-order valence-electron chi connectivity index (χ1n) is 5.46. The Morgan fingerprint density at radius 2 is 2.12 bits per heavy atom. The van der Waals surface area contributed by atoms with Gasteiger partial charge in [-0.15, -0.1) is 0 Å². The average molecular weight is 239 g/mol. The Morgan fingerprint density at radius 3 is 2.59 bits per heavy atom. The van der Waals surface area contributed by atoms with Crippen LogP contribution >= 0.6 is 0 Å². The third kappa shape index (κ3) is 3.05. The van der Waals surface area contributed by atoms with Gasteiger partial charge in [-0.25, -0.2) is 4.79 Å². The van der Waals surface area contributed by atoms with E-state index in [0.29, 0.717) is 23.6 Å². The van der Waals surface area contributed by atoms with Crippen LogP contribution in [0.1, 0.15) is 35.6 Å². The third-order valence-corrected chi connectivity index (χ3v) is 2.34. The molecule has 1 heterocycles. The van der Waals surface area contributed by atoms with Gasteiger partial charge in [-0.05, 0) is 27.7 Å². The van der Waals surface area contributed by atoms with Crippen LogP contribution in [0.25, 0.3) is 0 Å². The molecule has 0 saturated heterocycles. The highest BCUT2D eigenvalue weighted by molar-refractivity contribution is 5.98. The van der Waals surface area contributed by atoms with Gasteiger partial charge in [0.1, 0.15) is 6.04 Å². The number of aryl methyl sites for hydroxylation is 2. The maximum atomic E-state index is 11.9. The van der Waals surface area contributed by atoms with Gasteiger partial charge in [-0.3, -0.25) is 9.89 Å². The van der Waals surface area contributed by atoms with Gasteiger partial charge in [-0.2, -0.15) is 5.10 Å². The molecule has 0 radical (unpaired) electrons. The van der Waals surface area contributed by atoms with Crippen molar-refractivity contribution < 1.29 is 14.3 Å². The minimum absolute atomic E-state index is 0.294. The molecule has 2 N–H and O–H groups in total. The quantitative estimate of drug-likeness (QED) is 0.758. The van der Waals surface area contributed by atoms with E-state index in [4.69, 9.17) is 4.74 Å². The van der Waals surface area contributed by atoms with Crippen LogP contribution in [0.15, 0.2) is 0 Å². The second kappa shape index (κ2) is 5.47. The molecule has 0 aliphatic rings. The van der Waals surface area contributed by atoms with Gasteiger partial charge in [0.25, 0.3) is 5.91 Å². The van der Waals surface area contributed by atoms with Crippen LogP contribution in [0.4, 0.5) is 0 Å². The number of carbonyl (C=O) groups excluding carboxylic acids is 2. The zero-order chi connectivity index (χ0) is 13.0. The number of aromatic amines is 1. The molecular formula is C11H17N3O3. The number of nitrogens with one attached hydrogen (secondary N) is 2. The van der Waals surface area contributed by atoms with Crippen LogP contribution in [-0.4, -0.2) is 34.7 Å². The van der Waals surface area contributed by atoms with Crippen molar-refractivity contribution in [1.29, 1.82) is 0 Å². The number of esters is 1. The van der Waals surface area contributed by atoms with Crippen molar-refractivity contribution in [1.82, 2.24) is 15.5 Å². The molecule has 0 aliphatic heterocycles. The molecule has 1 aromatic heterocycles. The van der Waals surface area contributed by atoms with E-state index in [9.17, 15) is 9.59 Å². The van der Waals surface area contributed by atoms with Gasteiger partial charge in [-0.1, -0.05) is 0 Å². The second-order valence-electron chi connectivity index (χ2n) is 3.76. The van der Waals surface area contributed by atoms with E-state index in [2.05, 4.69) is 15.5 Å². The summed E-state index contributed by atoms with van der Waals surface area (Å²) in [5.74, 6) is -0.769. The molecule has 17 heavy (non-hydrogen) atoms. The fraction of sp³-hybridized carbons (Fsp3) is 0.545. The highest BCUT2D eigenvalue weighted by atomic mass is 16.5. The summed E-state index contributed by atoms with van der Waals surface area (Å²) in [6, 6.07) is -0.670. The van der Waals surface area contributed by atoms with Gasteiger partial charge < -0.3 is 10.1 Å². The van der Waals surface area contributed by atoms with Gasteiger partial charge in [0.2, 0.25) is 0 Å². The lowest BCUT2D eigenvalue weighted by molar-refractivity contribution is -0.144. The molecule has 0 saturated carbocycles. The zero-order valence-corrected chi connectivity index (χ0v) is 10.5. The molecule has 1 aromatic rings. The third-order valence-electron chi connectivity index (χ3n) is 2.34. The number of H-pyrrole nitrogens is 1. The smallest absolute Gasteiger partial charge is 0.328 e. The summed E-state index contributed by atoms with van der Waals surface area (Å²) in [6.45, 7) is 7.08. The molecule has 6 heteroatoms. The van der Waals surface area contributed by atoms with Crippen LogP contribution in [0.3, 0.4) is 0 Å². The van der Waals surface area contributed by atoms with E-state index >= 15 is 0 Å².